The predicted octanol–water partition coefficient (Wildman–Crippen LogP) is 2.38. The van der Waals surface area contributed by atoms with Gasteiger partial charge < -0.3 is 15.2 Å². The summed E-state index contributed by atoms with van der Waals surface area (Å²) in [7, 11) is 0. The summed E-state index contributed by atoms with van der Waals surface area (Å²) in [6.07, 6.45) is 1.74. The van der Waals surface area contributed by atoms with E-state index in [1.807, 2.05) is 6.07 Å². The molecule has 0 atom stereocenters. The molecule has 2 aromatic rings. The average Bonchev–Trinajstić information content (AvgIpc) is 2.59. The number of piperazine rings is 1. The maximum atomic E-state index is 12.3. The molecule has 0 radical (unpaired) electrons. The van der Waals surface area contributed by atoms with Crippen LogP contribution in [0.3, 0.4) is 0 Å². The van der Waals surface area contributed by atoms with Crippen LogP contribution < -0.4 is 10.9 Å². The Bertz CT molecular complexity index is 731. The average molecular weight is 347 g/mol. The van der Waals surface area contributed by atoms with Crippen molar-refractivity contribution in [2.75, 3.05) is 31.5 Å². The van der Waals surface area contributed by atoms with E-state index in [-0.39, 0.29) is 11.6 Å². The molecule has 3 rings (SSSR count). The van der Waals surface area contributed by atoms with E-state index < -0.39 is 0 Å². The molecule has 2 amide bonds. The summed E-state index contributed by atoms with van der Waals surface area (Å²) in [5.41, 5.74) is 1.70. The third kappa shape index (κ3) is 4.37. The van der Waals surface area contributed by atoms with Crippen molar-refractivity contribution >= 4 is 23.3 Å². The number of carbonyl (C=O) groups is 1. The van der Waals surface area contributed by atoms with E-state index in [2.05, 4.69) is 15.2 Å². The lowest BCUT2D eigenvalue weighted by Gasteiger charge is -2.34. The fourth-order valence-corrected chi connectivity index (χ4v) is 2.77. The first-order chi connectivity index (χ1) is 11.6. The van der Waals surface area contributed by atoms with E-state index in [1.165, 1.54) is 6.07 Å². The molecule has 1 fully saturated rings. The molecule has 1 aliphatic heterocycles. The Morgan fingerprint density at radius 1 is 1.08 bits per heavy atom. The van der Waals surface area contributed by atoms with Crippen LogP contribution in [0.5, 0.6) is 0 Å². The summed E-state index contributed by atoms with van der Waals surface area (Å²) in [5, 5.41) is 3.52. The van der Waals surface area contributed by atoms with Crippen molar-refractivity contribution in [3.05, 3.63) is 63.5 Å². The minimum atomic E-state index is -0.0963. The highest BCUT2D eigenvalue weighted by molar-refractivity contribution is 6.30. The van der Waals surface area contributed by atoms with Crippen LogP contribution in [0.15, 0.2) is 47.4 Å². The monoisotopic (exact) mass is 346 g/mol. The zero-order valence-electron chi connectivity index (χ0n) is 13.2. The van der Waals surface area contributed by atoms with Gasteiger partial charge in [-0.2, -0.15) is 0 Å². The first kappa shape index (κ1) is 16.5. The zero-order chi connectivity index (χ0) is 16.9. The molecule has 1 aliphatic rings. The van der Waals surface area contributed by atoms with Gasteiger partial charge in [0.25, 0.3) is 0 Å². The molecule has 7 heteroatoms. The third-order valence-corrected chi connectivity index (χ3v) is 4.26. The number of carbonyl (C=O) groups excluding carboxylic acids is 1. The molecule has 24 heavy (non-hydrogen) atoms. The molecule has 126 valence electrons. The van der Waals surface area contributed by atoms with Gasteiger partial charge in [-0.1, -0.05) is 17.7 Å². The Morgan fingerprint density at radius 2 is 1.79 bits per heavy atom. The predicted molar refractivity (Wildman–Crippen MR) is 94.4 cm³/mol. The molecule has 0 aliphatic carbocycles. The molecule has 2 N–H and O–H groups in total. The van der Waals surface area contributed by atoms with E-state index in [4.69, 9.17) is 11.6 Å². The van der Waals surface area contributed by atoms with Crippen molar-refractivity contribution in [3.8, 4) is 0 Å². The second kappa shape index (κ2) is 7.51. The number of hydrogen-bond donors (Lipinski definition) is 2. The van der Waals surface area contributed by atoms with Crippen molar-refractivity contribution in [1.82, 2.24) is 14.8 Å². The van der Waals surface area contributed by atoms with Crippen molar-refractivity contribution in [1.29, 1.82) is 0 Å². The molecular weight excluding hydrogens is 328 g/mol. The summed E-state index contributed by atoms with van der Waals surface area (Å²) in [5.74, 6) is 0. The van der Waals surface area contributed by atoms with Crippen LogP contribution in [-0.4, -0.2) is 47.0 Å². The summed E-state index contributed by atoms with van der Waals surface area (Å²) in [4.78, 5) is 30.1. The summed E-state index contributed by atoms with van der Waals surface area (Å²) >= 11 is 5.84. The Kier molecular flexibility index (Phi) is 5.17. The lowest BCUT2D eigenvalue weighted by molar-refractivity contribution is 0.143. The minimum absolute atomic E-state index is 0.0950. The van der Waals surface area contributed by atoms with Gasteiger partial charge in [0.15, 0.2) is 0 Å². The third-order valence-electron chi connectivity index (χ3n) is 4.01. The Balaban J connectivity index is 1.49. The Morgan fingerprint density at radius 3 is 2.42 bits per heavy atom. The first-order valence-electron chi connectivity index (χ1n) is 7.81. The number of amides is 2. The normalized spacial score (nSPS) is 15.3. The maximum absolute atomic E-state index is 12.3. The van der Waals surface area contributed by atoms with Crippen LogP contribution in [0.4, 0.5) is 10.5 Å². The van der Waals surface area contributed by atoms with Gasteiger partial charge >= 0.3 is 6.03 Å². The molecule has 0 spiro atoms. The molecule has 1 aromatic heterocycles. The summed E-state index contributed by atoms with van der Waals surface area (Å²) in [6.45, 7) is 3.70. The molecule has 0 unspecified atom stereocenters. The number of H-pyrrole nitrogens is 1. The smallest absolute Gasteiger partial charge is 0.321 e. The van der Waals surface area contributed by atoms with Crippen LogP contribution >= 0.6 is 11.6 Å². The fourth-order valence-electron chi connectivity index (χ4n) is 2.64. The van der Waals surface area contributed by atoms with Gasteiger partial charge in [0.1, 0.15) is 0 Å². The van der Waals surface area contributed by atoms with Gasteiger partial charge in [0.2, 0.25) is 5.56 Å². The summed E-state index contributed by atoms with van der Waals surface area (Å²) in [6, 6.07) is 10.3. The van der Waals surface area contributed by atoms with Gasteiger partial charge in [0, 0.05) is 55.7 Å². The molecular formula is C17H19ClN4O2. The second-order valence-corrected chi connectivity index (χ2v) is 6.20. The molecule has 0 saturated carbocycles. The summed E-state index contributed by atoms with van der Waals surface area (Å²) < 4.78 is 0. The van der Waals surface area contributed by atoms with Crippen molar-refractivity contribution in [3.63, 3.8) is 0 Å². The number of halogens is 1. The second-order valence-electron chi connectivity index (χ2n) is 5.76. The molecule has 6 nitrogen and oxygen atoms in total. The lowest BCUT2D eigenvalue weighted by Crippen LogP contribution is -2.49. The number of anilines is 1. The van der Waals surface area contributed by atoms with E-state index in [1.54, 1.807) is 35.4 Å². The highest BCUT2D eigenvalue weighted by Gasteiger charge is 2.21. The van der Waals surface area contributed by atoms with E-state index in [0.29, 0.717) is 18.1 Å². The van der Waals surface area contributed by atoms with Crippen LogP contribution in [0.1, 0.15) is 5.56 Å². The maximum Gasteiger partial charge on any atom is 0.321 e. The highest BCUT2D eigenvalue weighted by Crippen LogP contribution is 2.14. The van der Waals surface area contributed by atoms with E-state index >= 15 is 0 Å². The number of nitrogens with one attached hydrogen (secondary N) is 2. The van der Waals surface area contributed by atoms with Gasteiger partial charge in [0.05, 0.1) is 0 Å². The van der Waals surface area contributed by atoms with Crippen molar-refractivity contribution in [2.24, 2.45) is 0 Å². The number of pyridine rings is 1. The quantitative estimate of drug-likeness (QED) is 0.896. The Hall–Kier alpha value is -2.31. The lowest BCUT2D eigenvalue weighted by atomic mass is 10.2. The van der Waals surface area contributed by atoms with Crippen molar-refractivity contribution in [2.45, 2.75) is 6.54 Å². The topological polar surface area (TPSA) is 68.4 Å². The molecule has 0 bridgehead atoms. The standard InChI is InChI=1S/C17H19ClN4O2/c18-14-2-4-15(5-3-14)20-17(24)22-9-7-21(8-10-22)12-13-1-6-16(23)19-11-13/h1-6,11H,7-10,12H2,(H,19,23)(H,20,24). The van der Waals surface area contributed by atoms with Gasteiger partial charge in [-0.3, -0.25) is 9.69 Å². The number of rotatable bonds is 3. The minimum Gasteiger partial charge on any atom is -0.329 e. The number of aromatic nitrogens is 1. The van der Waals surface area contributed by atoms with Gasteiger partial charge in [-0.15, -0.1) is 0 Å². The van der Waals surface area contributed by atoms with Crippen molar-refractivity contribution < 1.29 is 4.79 Å². The Labute approximate surface area is 145 Å². The van der Waals surface area contributed by atoms with Gasteiger partial charge in [-0.05, 0) is 29.8 Å². The highest BCUT2D eigenvalue weighted by atomic mass is 35.5. The SMILES string of the molecule is O=C(Nc1ccc(Cl)cc1)N1CCN(Cc2ccc(=O)[nH]c2)CC1. The zero-order valence-corrected chi connectivity index (χ0v) is 13.9. The number of urea groups is 1. The first-order valence-corrected chi connectivity index (χ1v) is 8.19. The number of aromatic amines is 1. The number of benzene rings is 1. The van der Waals surface area contributed by atoms with E-state index in [0.717, 1.165) is 30.9 Å². The molecule has 1 saturated heterocycles. The largest absolute Gasteiger partial charge is 0.329 e. The number of hydrogen-bond acceptors (Lipinski definition) is 3. The molecule has 1 aromatic carbocycles. The van der Waals surface area contributed by atoms with Gasteiger partial charge in [-0.25, -0.2) is 4.79 Å². The van der Waals surface area contributed by atoms with E-state index in [9.17, 15) is 9.59 Å². The van der Waals surface area contributed by atoms with Crippen LogP contribution in [0, 0.1) is 0 Å². The number of nitrogens with zero attached hydrogens (tertiary/aromatic N) is 2. The van der Waals surface area contributed by atoms with Crippen LogP contribution in [-0.2, 0) is 6.54 Å². The van der Waals surface area contributed by atoms with Crippen LogP contribution in [0.2, 0.25) is 5.02 Å². The fraction of sp³-hybridized carbons (Fsp3) is 0.294. The molecule has 2 heterocycles. The van der Waals surface area contributed by atoms with Crippen LogP contribution in [0.25, 0.3) is 0 Å².